The van der Waals surface area contributed by atoms with E-state index in [0.717, 1.165) is 11.3 Å². The van der Waals surface area contributed by atoms with E-state index in [9.17, 15) is 14.1 Å². The number of ether oxygens (including phenoxy) is 1. The molecule has 1 aromatic carbocycles. The molecule has 11 heteroatoms. The highest BCUT2D eigenvalue weighted by Gasteiger charge is 2.15. The Morgan fingerprint density at radius 2 is 2.03 bits per heavy atom. The molecular formula is C22H28N6O4S. The average molecular weight is 473 g/mol. The summed E-state index contributed by atoms with van der Waals surface area (Å²) in [6.45, 7) is 3.63. The lowest BCUT2D eigenvalue weighted by molar-refractivity contribution is 0.164. The van der Waals surface area contributed by atoms with Gasteiger partial charge < -0.3 is 25.0 Å². The lowest BCUT2D eigenvalue weighted by Crippen LogP contribution is -2.21. The zero-order valence-corrected chi connectivity index (χ0v) is 19.8. The van der Waals surface area contributed by atoms with Crippen LogP contribution in [0, 0.1) is 0 Å². The number of nitrogens with zero attached hydrogens (tertiary/aromatic N) is 4. The summed E-state index contributed by atoms with van der Waals surface area (Å²) in [7, 11) is -0.991. The van der Waals surface area contributed by atoms with Crippen LogP contribution in [0.4, 0.5) is 22.2 Å². The van der Waals surface area contributed by atoms with Gasteiger partial charge in [0.1, 0.15) is 5.82 Å². The topological polar surface area (TPSA) is 131 Å². The van der Waals surface area contributed by atoms with Crippen molar-refractivity contribution in [3.63, 3.8) is 0 Å². The monoisotopic (exact) mass is 472 g/mol. The SMILES string of the molecule is CCOC(=O)N=S(C)(=O)c1ccc(Nc2ncc(-c3cccn3C)c(N[C@H](C)CO)n2)cc1. The number of rotatable bonds is 8. The molecule has 0 aliphatic rings. The Balaban J connectivity index is 1.86. The Morgan fingerprint density at radius 3 is 2.64 bits per heavy atom. The third-order valence-electron chi connectivity index (χ3n) is 4.73. The minimum Gasteiger partial charge on any atom is -0.448 e. The molecule has 3 rings (SSSR count). The maximum Gasteiger partial charge on any atom is 0.442 e. The Kier molecular flexibility index (Phi) is 7.67. The van der Waals surface area contributed by atoms with Crippen molar-refractivity contribution in [1.82, 2.24) is 14.5 Å². The van der Waals surface area contributed by atoms with E-state index in [-0.39, 0.29) is 19.3 Å². The van der Waals surface area contributed by atoms with Crippen molar-refractivity contribution < 1.29 is 18.8 Å². The second kappa shape index (κ2) is 10.5. The van der Waals surface area contributed by atoms with Gasteiger partial charge in [0.05, 0.1) is 34.2 Å². The van der Waals surface area contributed by atoms with Crippen molar-refractivity contribution in [3.8, 4) is 11.3 Å². The number of aryl methyl sites for hydroxylation is 1. The first-order valence-electron chi connectivity index (χ1n) is 10.4. The number of carbonyl (C=O) groups is 1. The van der Waals surface area contributed by atoms with E-state index >= 15 is 0 Å². The van der Waals surface area contributed by atoms with Gasteiger partial charge in [-0.15, -0.1) is 4.36 Å². The van der Waals surface area contributed by atoms with Crippen molar-refractivity contribution in [3.05, 3.63) is 48.8 Å². The Hall–Kier alpha value is -3.44. The molecule has 0 fully saturated rings. The molecule has 2 atom stereocenters. The van der Waals surface area contributed by atoms with Crippen molar-refractivity contribution >= 4 is 33.3 Å². The minimum absolute atomic E-state index is 0.0477. The summed E-state index contributed by atoms with van der Waals surface area (Å²) in [5.41, 5.74) is 2.40. The van der Waals surface area contributed by atoms with Crippen LogP contribution in [0.5, 0.6) is 0 Å². The summed E-state index contributed by atoms with van der Waals surface area (Å²) in [5, 5.41) is 15.8. The van der Waals surface area contributed by atoms with Crippen LogP contribution in [0.3, 0.4) is 0 Å². The number of amides is 1. The van der Waals surface area contributed by atoms with Gasteiger partial charge in [0.2, 0.25) is 5.95 Å². The first-order chi connectivity index (χ1) is 15.7. The fourth-order valence-electron chi connectivity index (χ4n) is 3.02. The third kappa shape index (κ3) is 6.08. The Morgan fingerprint density at radius 1 is 1.30 bits per heavy atom. The first-order valence-corrected chi connectivity index (χ1v) is 12.3. The molecule has 10 nitrogen and oxygen atoms in total. The fourth-order valence-corrected chi connectivity index (χ4v) is 4.11. The number of hydrogen-bond donors (Lipinski definition) is 3. The number of aliphatic hydroxyl groups is 1. The van der Waals surface area contributed by atoms with Crippen LogP contribution < -0.4 is 10.6 Å². The van der Waals surface area contributed by atoms with E-state index < -0.39 is 15.8 Å². The van der Waals surface area contributed by atoms with E-state index in [1.807, 2.05) is 36.9 Å². The van der Waals surface area contributed by atoms with Crippen LogP contribution in [-0.2, 0) is 21.5 Å². The van der Waals surface area contributed by atoms with Gasteiger partial charge >= 0.3 is 6.09 Å². The molecule has 1 amide bonds. The second-order valence-electron chi connectivity index (χ2n) is 7.43. The molecule has 0 saturated carbocycles. The molecule has 0 radical (unpaired) electrons. The van der Waals surface area contributed by atoms with Gasteiger partial charge in [-0.25, -0.2) is 14.0 Å². The van der Waals surface area contributed by atoms with Crippen LogP contribution in [0.1, 0.15) is 13.8 Å². The summed E-state index contributed by atoms with van der Waals surface area (Å²) in [4.78, 5) is 21.0. The van der Waals surface area contributed by atoms with E-state index in [4.69, 9.17) is 4.74 Å². The van der Waals surface area contributed by atoms with E-state index in [1.54, 1.807) is 37.4 Å². The molecular weight excluding hydrogens is 444 g/mol. The summed E-state index contributed by atoms with van der Waals surface area (Å²) in [6, 6.07) is 10.4. The number of aromatic nitrogens is 3. The maximum absolute atomic E-state index is 12.8. The third-order valence-corrected chi connectivity index (χ3v) is 6.37. The molecule has 3 N–H and O–H groups in total. The predicted molar refractivity (Wildman–Crippen MR) is 128 cm³/mol. The minimum atomic E-state index is -2.92. The Bertz CT molecular complexity index is 1230. The molecule has 0 aliphatic carbocycles. The normalized spacial score (nSPS) is 13.6. The zero-order chi connectivity index (χ0) is 24.0. The standard InChI is InChI=1S/C22H28N6O4S/c1-5-32-22(30)27-33(4,31)17-10-8-16(9-11-17)25-21-23-13-18(19-7-6-12-28(19)3)20(26-21)24-15(2)14-29/h6-13,15,29H,5,14H2,1-4H3,(H2,23,24,25,26)/t15-,33?/m1/s1. The number of aliphatic hydroxyl groups excluding tert-OH is 1. The highest BCUT2D eigenvalue weighted by molar-refractivity contribution is 7.93. The number of anilines is 3. The molecule has 33 heavy (non-hydrogen) atoms. The van der Waals surface area contributed by atoms with Crippen LogP contribution >= 0.6 is 0 Å². The highest BCUT2D eigenvalue weighted by Crippen LogP contribution is 2.28. The molecule has 0 saturated heterocycles. The van der Waals surface area contributed by atoms with Crippen LogP contribution in [0.15, 0.2) is 58.1 Å². The Labute approximate surface area is 193 Å². The number of carbonyl (C=O) groups excluding carboxylic acids is 1. The maximum atomic E-state index is 12.8. The van der Waals surface area contributed by atoms with E-state index in [0.29, 0.717) is 22.3 Å². The van der Waals surface area contributed by atoms with Gasteiger partial charge in [-0.3, -0.25) is 0 Å². The zero-order valence-electron chi connectivity index (χ0n) is 19.0. The lowest BCUT2D eigenvalue weighted by atomic mass is 10.2. The van der Waals surface area contributed by atoms with Crippen molar-refractivity contribution in [2.45, 2.75) is 24.8 Å². The van der Waals surface area contributed by atoms with Gasteiger partial charge in [0, 0.05) is 42.3 Å². The van der Waals surface area contributed by atoms with Gasteiger partial charge in [-0.05, 0) is 50.2 Å². The van der Waals surface area contributed by atoms with E-state index in [2.05, 4.69) is 25.0 Å². The number of hydrogen-bond acceptors (Lipinski definition) is 8. The van der Waals surface area contributed by atoms with Crippen LogP contribution in [-0.4, -0.2) is 55.5 Å². The molecule has 176 valence electrons. The molecule has 2 heterocycles. The van der Waals surface area contributed by atoms with Gasteiger partial charge in [-0.1, -0.05) is 0 Å². The summed E-state index contributed by atoms with van der Waals surface area (Å²) in [6.07, 6.45) is 4.18. The first kappa shape index (κ1) is 24.2. The average Bonchev–Trinajstić information content (AvgIpc) is 3.19. The van der Waals surface area contributed by atoms with Crippen molar-refractivity contribution in [2.75, 3.05) is 30.1 Å². The van der Waals surface area contributed by atoms with Gasteiger partial charge in [0.15, 0.2) is 0 Å². The largest absolute Gasteiger partial charge is 0.448 e. The smallest absolute Gasteiger partial charge is 0.442 e. The highest BCUT2D eigenvalue weighted by atomic mass is 32.2. The quantitative estimate of drug-likeness (QED) is 0.453. The predicted octanol–water partition coefficient (Wildman–Crippen LogP) is 3.63. The van der Waals surface area contributed by atoms with E-state index in [1.165, 1.54) is 6.26 Å². The second-order valence-corrected chi connectivity index (χ2v) is 9.69. The molecule has 0 bridgehead atoms. The van der Waals surface area contributed by atoms with Gasteiger partial charge in [0.25, 0.3) is 0 Å². The summed E-state index contributed by atoms with van der Waals surface area (Å²) in [5.74, 6) is 0.930. The molecule has 1 unspecified atom stereocenters. The molecule has 0 spiro atoms. The van der Waals surface area contributed by atoms with Crippen molar-refractivity contribution in [1.29, 1.82) is 0 Å². The molecule has 0 aliphatic heterocycles. The summed E-state index contributed by atoms with van der Waals surface area (Å²) < 4.78 is 23.1. The lowest BCUT2D eigenvalue weighted by Gasteiger charge is -2.17. The number of benzene rings is 1. The molecule has 3 aromatic rings. The van der Waals surface area contributed by atoms with Crippen LogP contribution in [0.25, 0.3) is 11.3 Å². The fraction of sp³-hybridized carbons (Fsp3) is 0.318. The van der Waals surface area contributed by atoms with Gasteiger partial charge in [-0.2, -0.15) is 4.98 Å². The number of nitrogens with one attached hydrogen (secondary N) is 2. The van der Waals surface area contributed by atoms with Crippen molar-refractivity contribution in [2.24, 2.45) is 11.4 Å². The molecule has 2 aromatic heterocycles. The summed E-state index contributed by atoms with van der Waals surface area (Å²) >= 11 is 0. The van der Waals surface area contributed by atoms with Crippen LogP contribution in [0.2, 0.25) is 0 Å².